The summed E-state index contributed by atoms with van der Waals surface area (Å²) in [6.45, 7) is 0. The molecule has 0 fully saturated rings. The first-order valence-electron chi connectivity index (χ1n) is 5.64. The molecule has 0 bridgehead atoms. The highest BCUT2D eigenvalue weighted by atomic mass is 16.3. The Bertz CT molecular complexity index is 474. The van der Waals surface area contributed by atoms with Crippen molar-refractivity contribution in [1.82, 2.24) is 0 Å². The van der Waals surface area contributed by atoms with Crippen LogP contribution in [0.5, 0.6) is 0 Å². The number of aliphatic hydroxyl groups excluding tert-OH is 1. The third kappa shape index (κ3) is 2.44. The first-order valence-corrected chi connectivity index (χ1v) is 5.64. The maximum atomic E-state index is 11.9. The summed E-state index contributed by atoms with van der Waals surface area (Å²) in [6, 6.07) is 9.82. The van der Waals surface area contributed by atoms with Gasteiger partial charge < -0.3 is 5.11 Å². The topological polar surface area (TPSA) is 49.7 Å². The first-order chi connectivity index (χ1) is 8.22. The molecular formula is C14H15NO2. The minimum absolute atomic E-state index is 0.0341. The van der Waals surface area contributed by atoms with E-state index in [1.54, 1.807) is 7.05 Å². The van der Waals surface area contributed by atoms with Crippen molar-refractivity contribution < 1.29 is 9.90 Å². The number of benzene rings is 1. The Morgan fingerprint density at radius 1 is 1.29 bits per heavy atom. The van der Waals surface area contributed by atoms with Gasteiger partial charge in [0.25, 0.3) is 0 Å². The van der Waals surface area contributed by atoms with Crippen LogP contribution in [0.1, 0.15) is 24.3 Å². The van der Waals surface area contributed by atoms with E-state index in [2.05, 4.69) is 4.99 Å². The van der Waals surface area contributed by atoms with Crippen LogP contribution >= 0.6 is 0 Å². The summed E-state index contributed by atoms with van der Waals surface area (Å²) in [5, 5.41) is 9.87. The number of nitrogens with zero attached hydrogens (tertiary/aromatic N) is 1. The molecule has 0 spiro atoms. The predicted molar refractivity (Wildman–Crippen MR) is 67.5 cm³/mol. The van der Waals surface area contributed by atoms with Gasteiger partial charge in [0, 0.05) is 26.1 Å². The Kier molecular flexibility index (Phi) is 3.38. The lowest BCUT2D eigenvalue weighted by atomic mass is 9.83. The minimum atomic E-state index is -0.0341. The molecule has 3 heteroatoms. The first kappa shape index (κ1) is 11.6. The molecule has 1 unspecified atom stereocenters. The number of hydrogen-bond acceptors (Lipinski definition) is 3. The van der Waals surface area contributed by atoms with E-state index in [4.69, 9.17) is 0 Å². The van der Waals surface area contributed by atoms with Gasteiger partial charge in [-0.05, 0) is 11.5 Å². The SMILES string of the molecule is C/N=C/C1=C(O)CC(c2ccccc2)CC1=O. The third-order valence-corrected chi connectivity index (χ3v) is 3.01. The normalized spacial score (nSPS) is 21.2. The van der Waals surface area contributed by atoms with Gasteiger partial charge in [0.2, 0.25) is 0 Å². The molecule has 2 rings (SSSR count). The largest absolute Gasteiger partial charge is 0.511 e. The molecule has 0 heterocycles. The predicted octanol–water partition coefficient (Wildman–Crippen LogP) is 2.65. The van der Waals surface area contributed by atoms with Gasteiger partial charge >= 0.3 is 0 Å². The fourth-order valence-electron chi connectivity index (χ4n) is 2.15. The third-order valence-electron chi connectivity index (χ3n) is 3.01. The van der Waals surface area contributed by atoms with Crippen LogP contribution in [0.2, 0.25) is 0 Å². The second-order valence-corrected chi connectivity index (χ2v) is 4.19. The van der Waals surface area contributed by atoms with Gasteiger partial charge in [0.1, 0.15) is 5.76 Å². The summed E-state index contributed by atoms with van der Waals surface area (Å²) in [6.07, 6.45) is 2.39. The van der Waals surface area contributed by atoms with Gasteiger partial charge in [0.05, 0.1) is 5.57 Å². The van der Waals surface area contributed by atoms with E-state index < -0.39 is 0 Å². The highest BCUT2D eigenvalue weighted by molar-refractivity contribution is 6.14. The van der Waals surface area contributed by atoms with Crippen LogP contribution in [0.15, 0.2) is 46.7 Å². The van der Waals surface area contributed by atoms with Crippen LogP contribution in [-0.2, 0) is 4.79 Å². The van der Waals surface area contributed by atoms with E-state index in [0.29, 0.717) is 18.4 Å². The lowest BCUT2D eigenvalue weighted by molar-refractivity contribution is -0.116. The molecule has 88 valence electrons. The number of rotatable bonds is 2. The summed E-state index contributed by atoms with van der Waals surface area (Å²) in [5.74, 6) is 0.201. The number of carbonyl (C=O) groups is 1. The second-order valence-electron chi connectivity index (χ2n) is 4.19. The zero-order chi connectivity index (χ0) is 12.3. The molecule has 17 heavy (non-hydrogen) atoms. The van der Waals surface area contributed by atoms with E-state index >= 15 is 0 Å². The molecule has 0 aliphatic heterocycles. The monoisotopic (exact) mass is 229 g/mol. The Hall–Kier alpha value is -1.90. The Balaban J connectivity index is 2.26. The number of Topliss-reactive ketones (excluding diaryl/α,β-unsaturated/α-hetero) is 1. The van der Waals surface area contributed by atoms with Crippen molar-refractivity contribution in [1.29, 1.82) is 0 Å². The van der Waals surface area contributed by atoms with Crippen LogP contribution in [0.3, 0.4) is 0 Å². The summed E-state index contributed by atoms with van der Waals surface area (Å²) >= 11 is 0. The van der Waals surface area contributed by atoms with Crippen LogP contribution in [0.25, 0.3) is 0 Å². The number of carbonyl (C=O) groups excluding carboxylic acids is 1. The number of aliphatic imine (C=N–C) groups is 1. The zero-order valence-electron chi connectivity index (χ0n) is 9.76. The average molecular weight is 229 g/mol. The quantitative estimate of drug-likeness (QED) is 0.792. The average Bonchev–Trinajstić information content (AvgIpc) is 2.35. The summed E-state index contributed by atoms with van der Waals surface area (Å²) in [7, 11) is 1.59. The fraction of sp³-hybridized carbons (Fsp3) is 0.286. The van der Waals surface area contributed by atoms with Crippen molar-refractivity contribution in [2.24, 2.45) is 4.99 Å². The van der Waals surface area contributed by atoms with E-state index in [-0.39, 0.29) is 17.5 Å². The van der Waals surface area contributed by atoms with Gasteiger partial charge in [0.15, 0.2) is 5.78 Å². The van der Waals surface area contributed by atoms with Crippen LogP contribution in [0.4, 0.5) is 0 Å². The molecule has 0 saturated heterocycles. The molecule has 1 aliphatic carbocycles. The molecule has 1 aliphatic rings. The molecule has 1 aromatic carbocycles. The highest BCUT2D eigenvalue weighted by Crippen LogP contribution is 2.32. The van der Waals surface area contributed by atoms with Crippen molar-refractivity contribution in [2.75, 3.05) is 7.05 Å². The van der Waals surface area contributed by atoms with Crippen LogP contribution in [-0.4, -0.2) is 24.2 Å². The van der Waals surface area contributed by atoms with Crippen molar-refractivity contribution in [2.45, 2.75) is 18.8 Å². The van der Waals surface area contributed by atoms with E-state index in [0.717, 1.165) is 5.56 Å². The van der Waals surface area contributed by atoms with E-state index in [9.17, 15) is 9.90 Å². The van der Waals surface area contributed by atoms with Crippen LogP contribution in [0, 0.1) is 0 Å². The van der Waals surface area contributed by atoms with E-state index in [1.807, 2.05) is 30.3 Å². The van der Waals surface area contributed by atoms with Gasteiger partial charge in [-0.2, -0.15) is 0 Å². The van der Waals surface area contributed by atoms with Gasteiger partial charge in [-0.25, -0.2) is 0 Å². The molecule has 1 N–H and O–H groups in total. The van der Waals surface area contributed by atoms with Crippen molar-refractivity contribution in [3.63, 3.8) is 0 Å². The van der Waals surface area contributed by atoms with Crippen molar-refractivity contribution >= 4 is 12.0 Å². The Morgan fingerprint density at radius 3 is 2.59 bits per heavy atom. The zero-order valence-corrected chi connectivity index (χ0v) is 9.76. The summed E-state index contributed by atoms with van der Waals surface area (Å²) < 4.78 is 0. The summed E-state index contributed by atoms with van der Waals surface area (Å²) in [4.78, 5) is 15.7. The molecular weight excluding hydrogens is 214 g/mol. The molecule has 0 aromatic heterocycles. The van der Waals surface area contributed by atoms with Crippen LogP contribution < -0.4 is 0 Å². The maximum Gasteiger partial charge on any atom is 0.168 e. The van der Waals surface area contributed by atoms with Gasteiger partial charge in [-0.3, -0.25) is 9.79 Å². The van der Waals surface area contributed by atoms with Gasteiger partial charge in [-0.1, -0.05) is 30.3 Å². The van der Waals surface area contributed by atoms with E-state index in [1.165, 1.54) is 6.21 Å². The molecule has 1 aromatic rings. The number of ketones is 1. The molecule has 0 saturated carbocycles. The molecule has 0 amide bonds. The molecule has 3 nitrogen and oxygen atoms in total. The van der Waals surface area contributed by atoms with Gasteiger partial charge in [-0.15, -0.1) is 0 Å². The standard InChI is InChI=1S/C14H15NO2/c1-15-9-12-13(16)7-11(8-14(12)17)10-5-3-2-4-6-10/h2-6,9,11,16H,7-8H2,1H3/b15-9+. The number of aliphatic hydroxyl groups is 1. The smallest absolute Gasteiger partial charge is 0.168 e. The number of hydrogen-bond donors (Lipinski definition) is 1. The molecule has 0 radical (unpaired) electrons. The lowest BCUT2D eigenvalue weighted by Gasteiger charge is -2.22. The molecule has 1 atom stereocenters. The van der Waals surface area contributed by atoms with Crippen molar-refractivity contribution in [3.05, 3.63) is 47.2 Å². The fourth-order valence-corrected chi connectivity index (χ4v) is 2.15. The van der Waals surface area contributed by atoms with Crippen molar-refractivity contribution in [3.8, 4) is 0 Å². The Morgan fingerprint density at radius 2 is 2.00 bits per heavy atom. The maximum absolute atomic E-state index is 11.9. The number of allylic oxidation sites excluding steroid dienone is 2. The minimum Gasteiger partial charge on any atom is -0.511 e. The highest BCUT2D eigenvalue weighted by Gasteiger charge is 2.27. The second kappa shape index (κ2) is 4.95. The summed E-state index contributed by atoms with van der Waals surface area (Å²) in [5.41, 5.74) is 1.46. The lowest BCUT2D eigenvalue weighted by Crippen LogP contribution is -2.19. The Labute approximate surface area is 101 Å².